The monoisotopic (exact) mass is 1770 g/mol. The number of methoxy groups -OCH3 is 2. The van der Waals surface area contributed by atoms with Gasteiger partial charge in [-0.15, -0.1) is 35.3 Å². The van der Waals surface area contributed by atoms with Crippen LogP contribution in [0.25, 0.3) is 0 Å². The van der Waals surface area contributed by atoms with E-state index in [1.54, 1.807) is 49.5 Å². The molecule has 0 N–H and O–H groups in total. The van der Waals surface area contributed by atoms with E-state index in [0.717, 1.165) is 266 Å². The number of thioether (sulfide) groups is 4. The molecular weight excluding hydrogens is 1650 g/mol. The molecule has 29 heteroatoms. The lowest BCUT2D eigenvalue weighted by Gasteiger charge is -2.39. The first-order valence-electron chi connectivity index (χ1n) is 43.5. The zero-order valence-electron chi connectivity index (χ0n) is 74.1. The first-order valence-corrected chi connectivity index (χ1v) is 47.4. The van der Waals surface area contributed by atoms with Crippen molar-refractivity contribution in [3.05, 3.63) is 199 Å². The number of anilines is 4. The summed E-state index contributed by atoms with van der Waals surface area (Å²) in [4.78, 5) is 55.5. The number of carbonyl (C=O) groups excluding carboxylic acids is 1. The van der Waals surface area contributed by atoms with Crippen molar-refractivity contribution in [1.82, 2.24) is 39.7 Å². The number of morpholine rings is 2. The van der Waals surface area contributed by atoms with E-state index in [1.807, 2.05) is 99.0 Å². The van der Waals surface area contributed by atoms with E-state index in [-0.39, 0.29) is 33.9 Å². The highest BCUT2D eigenvalue weighted by molar-refractivity contribution is 8.00. The molecule has 25 nitrogen and oxygen atoms in total. The molecule has 125 heavy (non-hydrogen) atoms. The van der Waals surface area contributed by atoms with Gasteiger partial charge in [0, 0.05) is 200 Å². The Morgan fingerprint density at radius 3 is 1.02 bits per heavy atom. The zero-order valence-corrected chi connectivity index (χ0v) is 77.4. The second-order valence-electron chi connectivity index (χ2n) is 34.5. The maximum atomic E-state index is 12.6. The maximum absolute atomic E-state index is 12.6. The molecule has 0 radical (unpaired) electrons. The largest absolute Gasteiger partial charge is 0.383 e. The van der Waals surface area contributed by atoms with E-state index in [0.29, 0.717) is 81.0 Å². The Labute approximate surface area is 755 Å². The highest BCUT2D eigenvalue weighted by Crippen LogP contribution is 2.45. The first kappa shape index (κ1) is 93.8. The van der Waals surface area contributed by atoms with Crippen LogP contribution in [0.15, 0.2) is 130 Å². The number of ether oxygens (including phenoxy) is 8. The molecule has 4 saturated heterocycles. The molecule has 660 valence electrons. The fraction of sp³-hybridized carbons (Fsp3) is 0.510. The third-order valence-corrected chi connectivity index (χ3v) is 27.4. The van der Waals surface area contributed by atoms with Crippen molar-refractivity contribution >= 4 is 76.1 Å². The zero-order chi connectivity index (χ0) is 87.9. The van der Waals surface area contributed by atoms with Gasteiger partial charge in [-0.25, -0.2) is 19.9 Å². The Hall–Kier alpha value is -8.83. The third kappa shape index (κ3) is 25.2. The van der Waals surface area contributed by atoms with Gasteiger partial charge in [-0.3, -0.25) is 24.6 Å². The summed E-state index contributed by atoms with van der Waals surface area (Å²) in [6, 6.07) is 41.4. The van der Waals surface area contributed by atoms with Crippen LogP contribution in [-0.4, -0.2) is 236 Å². The Morgan fingerprint density at radius 2 is 0.704 bits per heavy atom. The number of aromatic nitrogens is 6. The molecule has 0 atom stereocenters. The number of benzene rings is 2. The molecule has 16 rings (SSSR count). The Bertz CT molecular complexity index is 4960. The summed E-state index contributed by atoms with van der Waals surface area (Å²) in [5.41, 5.74) is 14.2. The van der Waals surface area contributed by atoms with Crippen molar-refractivity contribution < 1.29 is 42.7 Å². The number of Topliss-reactive ketones (excluding diaryl/α,β-unsaturated/α-hetero) is 1. The van der Waals surface area contributed by atoms with Crippen molar-refractivity contribution in [3.63, 3.8) is 0 Å². The summed E-state index contributed by atoms with van der Waals surface area (Å²) in [6.07, 6.45) is 9.11. The SMILES string of the molecule is CC1(C)Cc2c(C#N)c(SCC(=O)c3ccccc3)nc(N3CCOCC3)c2CO1.CC1(C)Cc2c(C#N)c(SCCc3ccccn3)nc(N3CCOCC3)c2CO1.COCCN1CCN(c2nc(SCCc3ccccc3)c(C#N)c3c2COC(C)(C)C3)CC1.COCCN1CCN(c2nc(SCCc3ccccn3)c(C#N)c3c2COC(C)(C)C3)CC1. The second kappa shape index (κ2) is 44.7. The highest BCUT2D eigenvalue weighted by atomic mass is 32.2. The molecule has 0 bridgehead atoms. The van der Waals surface area contributed by atoms with Gasteiger partial charge in [0.05, 0.1) is 116 Å². The molecule has 6 aromatic heterocycles. The van der Waals surface area contributed by atoms with Gasteiger partial charge in [-0.2, -0.15) is 21.0 Å². The normalized spacial score (nSPS) is 18.0. The lowest BCUT2D eigenvalue weighted by Crippen LogP contribution is -2.48. The molecule has 0 amide bonds. The number of nitrogens with zero attached hydrogens (tertiary/aromatic N) is 16. The number of hydrogen-bond acceptors (Lipinski definition) is 29. The average Bonchev–Trinajstić information content (AvgIpc) is 0.773. The predicted octanol–water partition coefficient (Wildman–Crippen LogP) is 14.2. The number of hydrogen-bond donors (Lipinski definition) is 0. The van der Waals surface area contributed by atoms with Crippen molar-refractivity contribution in [1.29, 1.82) is 21.0 Å². The predicted molar refractivity (Wildman–Crippen MR) is 493 cm³/mol. The van der Waals surface area contributed by atoms with E-state index >= 15 is 0 Å². The van der Waals surface area contributed by atoms with Crippen molar-refractivity contribution in [3.8, 4) is 24.3 Å². The summed E-state index contributed by atoms with van der Waals surface area (Å²) in [7, 11) is 3.50. The lowest BCUT2D eigenvalue weighted by atomic mass is 9.89. The topological polar surface area (TPSA) is 283 Å². The number of pyridine rings is 6. The van der Waals surface area contributed by atoms with Crippen LogP contribution in [0.3, 0.4) is 0 Å². The van der Waals surface area contributed by atoms with Crippen LogP contribution in [0, 0.1) is 45.3 Å². The highest BCUT2D eigenvalue weighted by Gasteiger charge is 2.40. The van der Waals surface area contributed by atoms with E-state index in [1.165, 1.54) is 17.3 Å². The molecule has 2 aromatic carbocycles. The van der Waals surface area contributed by atoms with Gasteiger partial charge in [0.2, 0.25) is 0 Å². The molecule has 0 aliphatic carbocycles. The minimum absolute atomic E-state index is 0.0283. The van der Waals surface area contributed by atoms with Crippen LogP contribution >= 0.6 is 47.0 Å². The molecule has 8 aliphatic rings. The molecule has 0 saturated carbocycles. The van der Waals surface area contributed by atoms with E-state index in [2.05, 4.69) is 129 Å². The average molecular weight is 1770 g/mol. The Balaban J connectivity index is 0.000000143. The maximum Gasteiger partial charge on any atom is 0.173 e. The number of piperazine rings is 2. The van der Waals surface area contributed by atoms with E-state index in [4.69, 9.17) is 57.8 Å². The summed E-state index contributed by atoms with van der Waals surface area (Å²) >= 11 is 6.35. The molecule has 0 unspecified atom stereocenters. The van der Waals surface area contributed by atoms with Gasteiger partial charge in [-0.1, -0.05) is 84.6 Å². The van der Waals surface area contributed by atoms with Crippen LogP contribution in [0.4, 0.5) is 23.3 Å². The quantitative estimate of drug-likeness (QED) is 0.0359. The molecule has 8 aromatic rings. The summed E-state index contributed by atoms with van der Waals surface area (Å²) in [6.45, 7) is 35.5. The standard InChI is InChI=1S/C26H34N4O2S.C25H33N5O2S.C23H25N3O3S.C22H26N4O2S/c1-26(2)17-21-22(18-27)25(33-16-9-20-7-5-4-6-8-20)28-24(23(21)19-32-26)30-12-10-29(11-13-30)14-15-31-3;1-25(2)16-20-21(17-26)24(33-15-7-19-6-4-5-8-27-19)28-23(22(20)18-32-25)30-11-9-29(10-12-30)13-14-31-3;1-23(2)12-17-18(13-24)22(30-15-20(27)16-6-4-3-5-7-16)25-21(19(17)14-29-23)26-8-10-28-11-9-26;1-22(2)13-17-18(14-23)21(29-12-6-16-5-3-4-7-24-16)25-20(19(17)15-28-22)26-8-10-27-11-9-26/h4-8H,9-17,19H2,1-3H3;4-6,8H,7,9-16,18H2,1-3H3;3-7H,8-12,14-15H2,1-2H3;3-5,7H,6,8-13,15H2,1-2H3. The number of ketones is 1. The van der Waals surface area contributed by atoms with E-state index in [9.17, 15) is 25.8 Å². The van der Waals surface area contributed by atoms with Crippen molar-refractivity contribution in [2.75, 3.05) is 188 Å². The van der Waals surface area contributed by atoms with Crippen LogP contribution in [-0.2, 0) is 109 Å². The van der Waals surface area contributed by atoms with Crippen LogP contribution < -0.4 is 19.6 Å². The van der Waals surface area contributed by atoms with Crippen LogP contribution in [0.2, 0.25) is 0 Å². The Kier molecular flexibility index (Phi) is 33.6. The Morgan fingerprint density at radius 1 is 0.392 bits per heavy atom. The molecule has 4 fully saturated rings. The molecule has 8 aliphatic heterocycles. The number of rotatable bonds is 26. The molecule has 0 spiro atoms. The van der Waals surface area contributed by atoms with Crippen LogP contribution in [0.5, 0.6) is 0 Å². The summed E-state index contributed by atoms with van der Waals surface area (Å²) in [5, 5.41) is 43.3. The van der Waals surface area contributed by atoms with Gasteiger partial charge >= 0.3 is 0 Å². The van der Waals surface area contributed by atoms with Crippen LogP contribution in [0.1, 0.15) is 149 Å². The van der Waals surface area contributed by atoms with Crippen molar-refractivity contribution in [2.24, 2.45) is 0 Å². The molecule has 14 heterocycles. The number of fused-ring (bicyclic) bond motifs is 4. The van der Waals surface area contributed by atoms with Crippen molar-refractivity contribution in [2.45, 2.75) is 169 Å². The van der Waals surface area contributed by atoms with Gasteiger partial charge in [0.1, 0.15) is 67.7 Å². The van der Waals surface area contributed by atoms with Gasteiger partial charge < -0.3 is 57.5 Å². The summed E-state index contributed by atoms with van der Waals surface area (Å²) < 4.78 is 46.0. The van der Waals surface area contributed by atoms with Gasteiger partial charge in [-0.05, 0) is 127 Å². The second-order valence-corrected chi connectivity index (χ2v) is 38.7. The fourth-order valence-corrected chi connectivity index (χ4v) is 20.4. The lowest BCUT2D eigenvalue weighted by molar-refractivity contribution is -0.0405. The first-order chi connectivity index (χ1) is 60.6. The van der Waals surface area contributed by atoms with Gasteiger partial charge in [0.25, 0.3) is 0 Å². The number of carbonyl (C=O) groups is 1. The number of aryl methyl sites for hydroxylation is 3. The number of nitriles is 4. The molecular formula is C96H118N16O9S4. The minimum Gasteiger partial charge on any atom is -0.383 e. The third-order valence-electron chi connectivity index (χ3n) is 23.5. The summed E-state index contributed by atoms with van der Waals surface area (Å²) in [5.74, 6) is 6.65. The van der Waals surface area contributed by atoms with Gasteiger partial charge in [0.15, 0.2) is 5.78 Å². The fourth-order valence-electron chi connectivity index (χ4n) is 16.5. The van der Waals surface area contributed by atoms with E-state index < -0.39 is 0 Å². The smallest absolute Gasteiger partial charge is 0.173 e. The minimum atomic E-state index is -0.343.